The summed E-state index contributed by atoms with van der Waals surface area (Å²) in [4.78, 5) is 11.0. The molecule has 0 aromatic heterocycles. The number of ether oxygens (including phenoxy) is 1. The summed E-state index contributed by atoms with van der Waals surface area (Å²) in [7, 11) is 1.45. The van der Waals surface area contributed by atoms with Crippen LogP contribution in [0.4, 0.5) is 0 Å². The topological polar surface area (TPSA) is 38.3 Å². The molecule has 70 valence electrons. The van der Waals surface area contributed by atoms with Gasteiger partial charge in [-0.2, -0.15) is 0 Å². The molecule has 3 nitrogen and oxygen atoms in total. The average Bonchev–Trinajstić information content (AvgIpc) is 2.09. The van der Waals surface area contributed by atoms with Gasteiger partial charge in [0.2, 0.25) is 0 Å². The van der Waals surface area contributed by atoms with Crippen LogP contribution in [0.3, 0.4) is 0 Å². The molecule has 0 spiro atoms. The van der Waals surface area contributed by atoms with Crippen molar-refractivity contribution in [2.75, 3.05) is 13.7 Å². The van der Waals surface area contributed by atoms with Crippen LogP contribution in [0.25, 0.3) is 0 Å². The molecule has 2 atom stereocenters. The SMILES string of the molecule is COC(=O)CC1CCCNC1C. The lowest BCUT2D eigenvalue weighted by molar-refractivity contribution is -0.142. The van der Waals surface area contributed by atoms with Gasteiger partial charge in [0.1, 0.15) is 0 Å². The van der Waals surface area contributed by atoms with E-state index >= 15 is 0 Å². The standard InChI is InChI=1S/C9H17NO2/c1-7-8(4-3-5-10-7)6-9(11)12-2/h7-8,10H,3-6H2,1-2H3. The third-order valence-electron chi connectivity index (χ3n) is 2.58. The lowest BCUT2D eigenvalue weighted by atomic mass is 9.89. The van der Waals surface area contributed by atoms with Gasteiger partial charge in [0.25, 0.3) is 0 Å². The van der Waals surface area contributed by atoms with Gasteiger partial charge in [-0.3, -0.25) is 4.79 Å². The van der Waals surface area contributed by atoms with Crippen LogP contribution < -0.4 is 5.32 Å². The predicted molar refractivity (Wildman–Crippen MR) is 46.8 cm³/mol. The second-order valence-electron chi connectivity index (χ2n) is 3.43. The summed E-state index contributed by atoms with van der Waals surface area (Å²) in [5.74, 6) is 0.377. The van der Waals surface area contributed by atoms with Crippen molar-refractivity contribution in [1.82, 2.24) is 5.32 Å². The first-order chi connectivity index (χ1) is 5.74. The Kier molecular flexibility index (Phi) is 3.53. The molecule has 2 unspecified atom stereocenters. The van der Waals surface area contributed by atoms with Crippen LogP contribution in [-0.2, 0) is 9.53 Å². The molecule has 1 aliphatic rings. The molecule has 1 heterocycles. The van der Waals surface area contributed by atoms with Gasteiger partial charge in [-0.05, 0) is 32.2 Å². The molecule has 1 N–H and O–H groups in total. The summed E-state index contributed by atoms with van der Waals surface area (Å²) in [6.45, 7) is 3.21. The molecule has 1 aliphatic heterocycles. The quantitative estimate of drug-likeness (QED) is 0.628. The maximum absolute atomic E-state index is 11.0. The van der Waals surface area contributed by atoms with E-state index in [9.17, 15) is 4.79 Å². The zero-order chi connectivity index (χ0) is 8.97. The number of methoxy groups -OCH3 is 1. The minimum atomic E-state index is -0.0875. The Balaban J connectivity index is 2.33. The molecule has 0 amide bonds. The maximum Gasteiger partial charge on any atom is 0.305 e. The molecule has 0 radical (unpaired) electrons. The molecule has 1 fully saturated rings. The highest BCUT2D eigenvalue weighted by molar-refractivity contribution is 5.69. The third-order valence-corrected chi connectivity index (χ3v) is 2.58. The molecule has 0 aromatic carbocycles. The highest BCUT2D eigenvalue weighted by Crippen LogP contribution is 2.19. The van der Waals surface area contributed by atoms with E-state index < -0.39 is 0 Å². The summed E-state index contributed by atoms with van der Waals surface area (Å²) in [6, 6.07) is 0.456. The summed E-state index contributed by atoms with van der Waals surface area (Å²) in [5, 5.41) is 3.35. The van der Waals surface area contributed by atoms with Gasteiger partial charge in [-0.15, -0.1) is 0 Å². The van der Waals surface area contributed by atoms with Crippen molar-refractivity contribution >= 4 is 5.97 Å². The summed E-state index contributed by atoms with van der Waals surface area (Å²) in [5.41, 5.74) is 0. The fraction of sp³-hybridized carbons (Fsp3) is 0.889. The van der Waals surface area contributed by atoms with Gasteiger partial charge < -0.3 is 10.1 Å². The molecule has 0 saturated carbocycles. The van der Waals surface area contributed by atoms with Gasteiger partial charge in [0, 0.05) is 12.5 Å². The van der Waals surface area contributed by atoms with Crippen molar-refractivity contribution in [3.8, 4) is 0 Å². The van der Waals surface area contributed by atoms with Crippen LogP contribution >= 0.6 is 0 Å². The van der Waals surface area contributed by atoms with Crippen LogP contribution in [0.5, 0.6) is 0 Å². The lowest BCUT2D eigenvalue weighted by Crippen LogP contribution is -2.39. The van der Waals surface area contributed by atoms with Crippen molar-refractivity contribution in [2.45, 2.75) is 32.2 Å². The van der Waals surface area contributed by atoms with Gasteiger partial charge in [-0.1, -0.05) is 0 Å². The number of hydrogen-bond donors (Lipinski definition) is 1. The molecule has 0 aromatic rings. The number of carbonyl (C=O) groups excluding carboxylic acids is 1. The molecular weight excluding hydrogens is 154 g/mol. The molecule has 0 bridgehead atoms. The Hall–Kier alpha value is -0.570. The summed E-state index contributed by atoms with van der Waals surface area (Å²) < 4.78 is 4.63. The highest BCUT2D eigenvalue weighted by Gasteiger charge is 2.23. The van der Waals surface area contributed by atoms with Gasteiger partial charge in [0.05, 0.1) is 7.11 Å². The van der Waals surface area contributed by atoms with Crippen LogP contribution in [0, 0.1) is 5.92 Å². The first kappa shape index (κ1) is 9.52. The number of esters is 1. The van der Waals surface area contributed by atoms with E-state index in [0.29, 0.717) is 18.4 Å². The normalized spacial score (nSPS) is 29.8. The van der Waals surface area contributed by atoms with E-state index in [2.05, 4.69) is 17.0 Å². The Morgan fingerprint density at radius 2 is 2.42 bits per heavy atom. The molecule has 12 heavy (non-hydrogen) atoms. The monoisotopic (exact) mass is 171 g/mol. The lowest BCUT2D eigenvalue weighted by Gasteiger charge is -2.28. The highest BCUT2D eigenvalue weighted by atomic mass is 16.5. The van der Waals surface area contributed by atoms with Crippen molar-refractivity contribution < 1.29 is 9.53 Å². The first-order valence-electron chi connectivity index (χ1n) is 4.54. The molecule has 1 saturated heterocycles. The minimum absolute atomic E-state index is 0.0875. The van der Waals surface area contributed by atoms with Gasteiger partial charge in [0.15, 0.2) is 0 Å². The Bertz CT molecular complexity index is 159. The van der Waals surface area contributed by atoms with Crippen LogP contribution in [-0.4, -0.2) is 25.7 Å². The molecular formula is C9H17NO2. The van der Waals surface area contributed by atoms with Crippen molar-refractivity contribution in [1.29, 1.82) is 0 Å². The van der Waals surface area contributed by atoms with E-state index in [-0.39, 0.29) is 5.97 Å². The fourth-order valence-corrected chi connectivity index (χ4v) is 1.69. The second-order valence-corrected chi connectivity index (χ2v) is 3.43. The molecule has 0 aliphatic carbocycles. The van der Waals surface area contributed by atoms with Crippen LogP contribution in [0.1, 0.15) is 26.2 Å². The van der Waals surface area contributed by atoms with E-state index in [1.807, 2.05) is 0 Å². The first-order valence-corrected chi connectivity index (χ1v) is 4.54. The van der Waals surface area contributed by atoms with E-state index in [1.165, 1.54) is 13.5 Å². The maximum atomic E-state index is 11.0. The number of piperidine rings is 1. The largest absolute Gasteiger partial charge is 0.469 e. The molecule has 1 rings (SSSR count). The van der Waals surface area contributed by atoms with Gasteiger partial charge in [-0.25, -0.2) is 0 Å². The fourth-order valence-electron chi connectivity index (χ4n) is 1.69. The van der Waals surface area contributed by atoms with E-state index in [0.717, 1.165) is 13.0 Å². The minimum Gasteiger partial charge on any atom is -0.469 e. The number of nitrogens with one attached hydrogen (secondary N) is 1. The molecule has 3 heteroatoms. The third kappa shape index (κ3) is 2.48. The second kappa shape index (κ2) is 4.45. The Morgan fingerprint density at radius 3 is 3.00 bits per heavy atom. The van der Waals surface area contributed by atoms with Crippen molar-refractivity contribution in [3.63, 3.8) is 0 Å². The number of carbonyl (C=O) groups is 1. The van der Waals surface area contributed by atoms with E-state index in [4.69, 9.17) is 0 Å². The summed E-state index contributed by atoms with van der Waals surface area (Å²) >= 11 is 0. The van der Waals surface area contributed by atoms with Crippen molar-refractivity contribution in [3.05, 3.63) is 0 Å². The van der Waals surface area contributed by atoms with Gasteiger partial charge >= 0.3 is 5.97 Å². The summed E-state index contributed by atoms with van der Waals surface area (Å²) in [6.07, 6.45) is 2.87. The Labute approximate surface area is 73.5 Å². The predicted octanol–water partition coefficient (Wildman–Crippen LogP) is 0.938. The number of hydrogen-bond acceptors (Lipinski definition) is 3. The van der Waals surface area contributed by atoms with Crippen LogP contribution in [0.15, 0.2) is 0 Å². The average molecular weight is 171 g/mol. The smallest absolute Gasteiger partial charge is 0.305 e. The Morgan fingerprint density at radius 1 is 1.67 bits per heavy atom. The zero-order valence-corrected chi connectivity index (χ0v) is 7.80. The number of rotatable bonds is 2. The zero-order valence-electron chi connectivity index (χ0n) is 7.80. The van der Waals surface area contributed by atoms with Crippen LogP contribution in [0.2, 0.25) is 0 Å². The van der Waals surface area contributed by atoms with Crippen molar-refractivity contribution in [2.24, 2.45) is 5.92 Å². The van der Waals surface area contributed by atoms with E-state index in [1.54, 1.807) is 0 Å².